The fraction of sp³-hybridized carbons (Fsp3) is 0.471. The first-order valence-electron chi connectivity index (χ1n) is 7.81. The molecule has 0 N–H and O–H groups in total. The molecule has 1 fully saturated rings. The van der Waals surface area contributed by atoms with Crippen molar-refractivity contribution in [1.82, 2.24) is 9.88 Å². The van der Waals surface area contributed by atoms with E-state index in [0.717, 1.165) is 44.1 Å². The topological polar surface area (TPSA) is 19.4 Å². The van der Waals surface area contributed by atoms with Gasteiger partial charge in [0, 0.05) is 37.6 Å². The summed E-state index contributed by atoms with van der Waals surface area (Å²) in [4.78, 5) is 9.13. The number of hydrogen-bond acceptors (Lipinski definition) is 3. The minimum atomic E-state index is -4.32. The fourth-order valence-corrected chi connectivity index (χ4v) is 2.93. The lowest BCUT2D eigenvalue weighted by Gasteiger charge is -2.37. The lowest BCUT2D eigenvalue weighted by atomic mass is 10.1. The Morgan fingerprint density at radius 2 is 1.70 bits per heavy atom. The average molecular weight is 323 g/mol. The molecule has 2 heterocycles. The van der Waals surface area contributed by atoms with Crippen LogP contribution in [0.2, 0.25) is 0 Å². The van der Waals surface area contributed by atoms with E-state index < -0.39 is 11.7 Å². The van der Waals surface area contributed by atoms with Gasteiger partial charge in [0.15, 0.2) is 0 Å². The molecule has 0 unspecified atom stereocenters. The van der Waals surface area contributed by atoms with Gasteiger partial charge in [-0.25, -0.2) is 4.98 Å². The third-order valence-corrected chi connectivity index (χ3v) is 4.37. The predicted octanol–water partition coefficient (Wildman–Crippen LogP) is 3.78. The zero-order chi connectivity index (χ0) is 16.6. The number of benzene rings is 1. The van der Waals surface area contributed by atoms with Crippen LogP contribution in [0.15, 0.2) is 30.3 Å². The van der Waals surface area contributed by atoms with Crippen molar-refractivity contribution in [3.63, 3.8) is 0 Å². The lowest BCUT2D eigenvalue weighted by Crippen LogP contribution is -2.49. The van der Waals surface area contributed by atoms with Crippen molar-refractivity contribution in [2.75, 3.05) is 31.1 Å². The van der Waals surface area contributed by atoms with Gasteiger partial charge in [-0.2, -0.15) is 13.2 Å². The first kappa shape index (κ1) is 16.1. The summed E-state index contributed by atoms with van der Waals surface area (Å²) in [6.45, 7) is 8.09. The highest BCUT2D eigenvalue weighted by Gasteiger charge is 2.30. The van der Waals surface area contributed by atoms with Gasteiger partial charge in [-0.05, 0) is 44.2 Å². The monoisotopic (exact) mass is 323 g/mol. The SMILES string of the molecule is CC(C)N1CCN(c2ccc3cc(C(F)(F)F)ccc3n2)CC1. The molecule has 1 saturated heterocycles. The van der Waals surface area contributed by atoms with Crippen LogP contribution in [0.1, 0.15) is 19.4 Å². The van der Waals surface area contributed by atoms with Crippen molar-refractivity contribution < 1.29 is 13.2 Å². The molecule has 3 rings (SSSR count). The minimum absolute atomic E-state index is 0.518. The van der Waals surface area contributed by atoms with Crippen LogP contribution in [0.3, 0.4) is 0 Å². The molecule has 0 bridgehead atoms. The number of fused-ring (bicyclic) bond motifs is 1. The molecule has 1 aromatic carbocycles. The number of rotatable bonds is 2. The average Bonchev–Trinajstić information content (AvgIpc) is 2.53. The highest BCUT2D eigenvalue weighted by Crippen LogP contribution is 2.31. The third-order valence-electron chi connectivity index (χ3n) is 4.37. The number of nitrogens with zero attached hydrogens (tertiary/aromatic N) is 3. The first-order chi connectivity index (χ1) is 10.8. The van der Waals surface area contributed by atoms with Gasteiger partial charge < -0.3 is 4.90 Å². The number of pyridine rings is 1. The Morgan fingerprint density at radius 3 is 2.30 bits per heavy atom. The molecular formula is C17H20F3N3. The normalized spacial score (nSPS) is 17.2. The Morgan fingerprint density at radius 1 is 1.00 bits per heavy atom. The zero-order valence-electron chi connectivity index (χ0n) is 13.3. The zero-order valence-corrected chi connectivity index (χ0v) is 13.3. The molecule has 1 aliphatic heterocycles. The smallest absolute Gasteiger partial charge is 0.354 e. The second kappa shape index (κ2) is 6.00. The Labute approximate surface area is 133 Å². The quantitative estimate of drug-likeness (QED) is 0.838. The number of hydrogen-bond donors (Lipinski definition) is 0. The summed E-state index contributed by atoms with van der Waals surface area (Å²) in [5, 5.41) is 0.518. The van der Waals surface area contributed by atoms with Crippen LogP contribution >= 0.6 is 0 Å². The molecule has 2 aromatic rings. The summed E-state index contributed by atoms with van der Waals surface area (Å²) >= 11 is 0. The van der Waals surface area contributed by atoms with Crippen molar-refractivity contribution in [2.24, 2.45) is 0 Å². The summed E-state index contributed by atoms with van der Waals surface area (Å²) in [6.07, 6.45) is -4.32. The van der Waals surface area contributed by atoms with E-state index in [0.29, 0.717) is 16.9 Å². The number of anilines is 1. The molecule has 3 nitrogen and oxygen atoms in total. The number of halogens is 3. The third kappa shape index (κ3) is 3.42. The van der Waals surface area contributed by atoms with E-state index in [1.807, 2.05) is 6.07 Å². The van der Waals surface area contributed by atoms with Crippen LogP contribution < -0.4 is 4.90 Å². The molecule has 0 atom stereocenters. The largest absolute Gasteiger partial charge is 0.416 e. The molecule has 0 amide bonds. The Balaban J connectivity index is 1.81. The summed E-state index contributed by atoms with van der Waals surface area (Å²) in [6, 6.07) is 7.77. The maximum atomic E-state index is 12.8. The molecule has 23 heavy (non-hydrogen) atoms. The van der Waals surface area contributed by atoms with Crippen molar-refractivity contribution in [2.45, 2.75) is 26.1 Å². The number of aromatic nitrogens is 1. The van der Waals surface area contributed by atoms with Gasteiger partial charge in [-0.15, -0.1) is 0 Å². The molecular weight excluding hydrogens is 303 g/mol. The van der Waals surface area contributed by atoms with Crippen molar-refractivity contribution in [3.8, 4) is 0 Å². The number of piperazine rings is 1. The predicted molar refractivity (Wildman–Crippen MR) is 85.7 cm³/mol. The first-order valence-corrected chi connectivity index (χ1v) is 7.81. The van der Waals surface area contributed by atoms with E-state index >= 15 is 0 Å². The van der Waals surface area contributed by atoms with Gasteiger partial charge in [0.25, 0.3) is 0 Å². The van der Waals surface area contributed by atoms with Crippen molar-refractivity contribution in [1.29, 1.82) is 0 Å². The van der Waals surface area contributed by atoms with Gasteiger partial charge in [-0.3, -0.25) is 4.90 Å². The van der Waals surface area contributed by atoms with E-state index in [1.165, 1.54) is 6.07 Å². The standard InChI is InChI=1S/C17H20F3N3/c1-12(2)22-7-9-23(10-8-22)16-6-3-13-11-14(17(18,19)20)4-5-15(13)21-16/h3-6,11-12H,7-10H2,1-2H3. The molecule has 0 aliphatic carbocycles. The van der Waals surface area contributed by atoms with Gasteiger partial charge in [0.1, 0.15) is 5.82 Å². The Hall–Kier alpha value is -1.82. The van der Waals surface area contributed by atoms with E-state index in [4.69, 9.17) is 0 Å². The van der Waals surface area contributed by atoms with Crippen LogP contribution in [0, 0.1) is 0 Å². The maximum Gasteiger partial charge on any atom is 0.416 e. The lowest BCUT2D eigenvalue weighted by molar-refractivity contribution is -0.137. The summed E-state index contributed by atoms with van der Waals surface area (Å²) in [7, 11) is 0. The number of alkyl halides is 3. The van der Waals surface area contributed by atoms with Crippen LogP contribution in [-0.2, 0) is 6.18 Å². The highest BCUT2D eigenvalue weighted by molar-refractivity contribution is 5.81. The molecule has 6 heteroatoms. The van der Waals surface area contributed by atoms with Gasteiger partial charge in [0.05, 0.1) is 11.1 Å². The molecule has 1 aliphatic rings. The van der Waals surface area contributed by atoms with E-state index in [9.17, 15) is 13.2 Å². The Bertz CT molecular complexity index is 689. The van der Waals surface area contributed by atoms with Gasteiger partial charge in [0.2, 0.25) is 0 Å². The van der Waals surface area contributed by atoms with Crippen LogP contribution in [0.4, 0.5) is 19.0 Å². The van der Waals surface area contributed by atoms with E-state index in [1.54, 1.807) is 6.07 Å². The van der Waals surface area contributed by atoms with E-state index in [-0.39, 0.29) is 0 Å². The summed E-state index contributed by atoms with van der Waals surface area (Å²) in [5.41, 5.74) is -0.0353. The van der Waals surface area contributed by atoms with Crippen molar-refractivity contribution in [3.05, 3.63) is 35.9 Å². The van der Waals surface area contributed by atoms with Crippen LogP contribution in [0.25, 0.3) is 10.9 Å². The maximum absolute atomic E-state index is 12.8. The Kier molecular flexibility index (Phi) is 4.19. The van der Waals surface area contributed by atoms with Crippen LogP contribution in [-0.4, -0.2) is 42.1 Å². The summed E-state index contributed by atoms with van der Waals surface area (Å²) in [5.74, 6) is 0.834. The summed E-state index contributed by atoms with van der Waals surface area (Å²) < 4.78 is 38.3. The van der Waals surface area contributed by atoms with E-state index in [2.05, 4.69) is 28.6 Å². The molecule has 124 valence electrons. The van der Waals surface area contributed by atoms with Crippen LogP contribution in [0.5, 0.6) is 0 Å². The highest BCUT2D eigenvalue weighted by atomic mass is 19.4. The van der Waals surface area contributed by atoms with Crippen molar-refractivity contribution >= 4 is 16.7 Å². The molecule has 0 spiro atoms. The minimum Gasteiger partial charge on any atom is -0.354 e. The molecule has 0 saturated carbocycles. The van der Waals surface area contributed by atoms with Gasteiger partial charge in [-0.1, -0.05) is 0 Å². The molecule has 1 aromatic heterocycles. The second-order valence-corrected chi connectivity index (χ2v) is 6.19. The van der Waals surface area contributed by atoms with Gasteiger partial charge >= 0.3 is 6.18 Å². The fourth-order valence-electron chi connectivity index (χ4n) is 2.93. The molecule has 0 radical (unpaired) electrons. The second-order valence-electron chi connectivity index (χ2n) is 6.19.